The molecule has 0 saturated carbocycles. The van der Waals surface area contributed by atoms with E-state index in [0.717, 1.165) is 43.8 Å². The number of hydrogen-bond acceptors (Lipinski definition) is 4. The second-order valence-electron chi connectivity index (χ2n) is 3.78. The molecule has 0 bridgehead atoms. The first kappa shape index (κ1) is 13.7. The molecule has 0 aliphatic heterocycles. The molecule has 0 amide bonds. The molecule has 0 unspecified atom stereocenters. The normalized spacial score (nSPS) is 11.1. The highest BCUT2D eigenvalue weighted by Gasteiger charge is 1.94. The number of pyridine rings is 1. The molecule has 1 heterocycles. The molecule has 0 spiro atoms. The predicted molar refractivity (Wildman–Crippen MR) is 70.9 cm³/mol. The zero-order valence-electron chi connectivity index (χ0n) is 10.4. The number of nitrogens with two attached hydrogens (primary N) is 1. The monoisotopic (exact) mass is 235 g/mol. The third kappa shape index (κ3) is 6.04. The summed E-state index contributed by atoms with van der Waals surface area (Å²) in [7, 11) is 1.71. The molecule has 1 aromatic heterocycles. The number of hydrogen-bond donors (Lipinski definition) is 2. The summed E-state index contributed by atoms with van der Waals surface area (Å²) in [5, 5.41) is 3.28. The van der Waals surface area contributed by atoms with Gasteiger partial charge in [-0.05, 0) is 31.0 Å². The van der Waals surface area contributed by atoms with Gasteiger partial charge >= 0.3 is 0 Å². The van der Waals surface area contributed by atoms with E-state index in [-0.39, 0.29) is 0 Å². The van der Waals surface area contributed by atoms with Gasteiger partial charge in [-0.3, -0.25) is 4.98 Å². The van der Waals surface area contributed by atoms with Crippen molar-refractivity contribution in [3.63, 3.8) is 0 Å². The summed E-state index contributed by atoms with van der Waals surface area (Å²) in [6.07, 6.45) is 9.68. The SMILES string of the molecule is COCCNCCC=CCc1cnccc1N. The molecule has 3 N–H and O–H groups in total. The maximum absolute atomic E-state index is 5.82. The van der Waals surface area contributed by atoms with Crippen molar-refractivity contribution >= 4 is 5.69 Å². The summed E-state index contributed by atoms with van der Waals surface area (Å²) >= 11 is 0. The van der Waals surface area contributed by atoms with Gasteiger partial charge in [0, 0.05) is 31.7 Å². The average molecular weight is 235 g/mol. The van der Waals surface area contributed by atoms with Gasteiger partial charge in [-0.15, -0.1) is 0 Å². The Kier molecular flexibility index (Phi) is 7.02. The van der Waals surface area contributed by atoms with Crippen LogP contribution in [0.25, 0.3) is 0 Å². The minimum absolute atomic E-state index is 0.760. The van der Waals surface area contributed by atoms with Crippen LogP contribution in [-0.4, -0.2) is 31.8 Å². The van der Waals surface area contributed by atoms with Gasteiger partial charge in [0.15, 0.2) is 0 Å². The predicted octanol–water partition coefficient (Wildman–Crippen LogP) is 1.39. The number of allylic oxidation sites excluding steroid dienone is 1. The van der Waals surface area contributed by atoms with Crippen molar-refractivity contribution in [3.05, 3.63) is 36.2 Å². The van der Waals surface area contributed by atoms with Crippen molar-refractivity contribution < 1.29 is 4.74 Å². The quantitative estimate of drug-likeness (QED) is 0.528. The van der Waals surface area contributed by atoms with Gasteiger partial charge in [0.25, 0.3) is 0 Å². The van der Waals surface area contributed by atoms with Crippen molar-refractivity contribution in [1.82, 2.24) is 10.3 Å². The number of ether oxygens (including phenoxy) is 1. The highest BCUT2D eigenvalue weighted by molar-refractivity contribution is 5.45. The van der Waals surface area contributed by atoms with E-state index in [1.54, 1.807) is 13.3 Å². The minimum atomic E-state index is 0.760. The summed E-state index contributed by atoms with van der Waals surface area (Å²) in [4.78, 5) is 4.05. The maximum atomic E-state index is 5.82. The lowest BCUT2D eigenvalue weighted by Gasteiger charge is -2.01. The van der Waals surface area contributed by atoms with Crippen LogP contribution in [0.4, 0.5) is 5.69 Å². The van der Waals surface area contributed by atoms with Gasteiger partial charge < -0.3 is 15.8 Å². The standard InChI is InChI=1S/C13H21N3O/c1-17-10-9-15-7-4-2-3-5-12-11-16-8-6-13(12)14/h2-3,6,8,11,15H,4-5,7,9-10H2,1H3,(H2,14,16). The molecule has 4 heteroatoms. The molecule has 0 aliphatic rings. The Bertz CT molecular complexity index is 339. The molecule has 4 nitrogen and oxygen atoms in total. The van der Waals surface area contributed by atoms with Crippen molar-refractivity contribution in [3.8, 4) is 0 Å². The molecule has 0 aliphatic carbocycles. The summed E-state index contributed by atoms with van der Waals surface area (Å²) in [6, 6.07) is 1.83. The van der Waals surface area contributed by atoms with Gasteiger partial charge in [0.1, 0.15) is 0 Å². The number of rotatable bonds is 8. The third-order valence-corrected chi connectivity index (χ3v) is 2.42. The van der Waals surface area contributed by atoms with Gasteiger partial charge in [0.2, 0.25) is 0 Å². The van der Waals surface area contributed by atoms with Gasteiger partial charge in [-0.2, -0.15) is 0 Å². The van der Waals surface area contributed by atoms with E-state index in [4.69, 9.17) is 10.5 Å². The van der Waals surface area contributed by atoms with E-state index in [1.807, 2.05) is 12.3 Å². The first-order chi connectivity index (χ1) is 8.34. The summed E-state index contributed by atoms with van der Waals surface area (Å²) in [6.45, 7) is 2.64. The fraction of sp³-hybridized carbons (Fsp3) is 0.462. The third-order valence-electron chi connectivity index (χ3n) is 2.42. The van der Waals surface area contributed by atoms with Gasteiger partial charge in [0.05, 0.1) is 6.61 Å². The summed E-state index contributed by atoms with van der Waals surface area (Å²) in [5.74, 6) is 0. The minimum Gasteiger partial charge on any atom is -0.398 e. The Hall–Kier alpha value is -1.39. The number of anilines is 1. The van der Waals surface area contributed by atoms with Crippen molar-refractivity contribution in [2.45, 2.75) is 12.8 Å². The van der Waals surface area contributed by atoms with Crippen LogP contribution in [0.1, 0.15) is 12.0 Å². The molecule has 17 heavy (non-hydrogen) atoms. The van der Waals surface area contributed by atoms with Crippen LogP contribution in [0.5, 0.6) is 0 Å². The first-order valence-electron chi connectivity index (χ1n) is 5.87. The highest BCUT2D eigenvalue weighted by Crippen LogP contribution is 2.09. The van der Waals surface area contributed by atoms with Crippen LogP contribution in [0.2, 0.25) is 0 Å². The van der Waals surface area contributed by atoms with E-state index >= 15 is 0 Å². The number of methoxy groups -OCH3 is 1. The molecular weight excluding hydrogens is 214 g/mol. The number of nitrogens with one attached hydrogen (secondary N) is 1. The Morgan fingerprint density at radius 1 is 1.41 bits per heavy atom. The summed E-state index contributed by atoms with van der Waals surface area (Å²) in [5.41, 5.74) is 7.70. The fourth-order valence-corrected chi connectivity index (χ4v) is 1.42. The van der Waals surface area contributed by atoms with Gasteiger partial charge in [-0.1, -0.05) is 12.2 Å². The summed E-state index contributed by atoms with van der Waals surface area (Å²) < 4.78 is 4.94. The molecule has 94 valence electrons. The first-order valence-corrected chi connectivity index (χ1v) is 5.87. The van der Waals surface area contributed by atoms with Crippen LogP contribution in [0.15, 0.2) is 30.6 Å². The Labute approximate surface area is 103 Å². The Balaban J connectivity index is 2.12. The van der Waals surface area contributed by atoms with E-state index in [1.165, 1.54) is 0 Å². The number of nitrogens with zero attached hydrogens (tertiary/aromatic N) is 1. The fourth-order valence-electron chi connectivity index (χ4n) is 1.42. The van der Waals surface area contributed by atoms with Crippen molar-refractivity contribution in [1.29, 1.82) is 0 Å². The molecule has 1 aromatic rings. The lowest BCUT2D eigenvalue weighted by Crippen LogP contribution is -2.19. The van der Waals surface area contributed by atoms with Crippen LogP contribution in [0, 0.1) is 0 Å². The second-order valence-corrected chi connectivity index (χ2v) is 3.78. The molecule has 0 fully saturated rings. The van der Waals surface area contributed by atoms with Gasteiger partial charge in [-0.25, -0.2) is 0 Å². The lowest BCUT2D eigenvalue weighted by molar-refractivity contribution is 0.199. The van der Waals surface area contributed by atoms with E-state index < -0.39 is 0 Å². The van der Waals surface area contributed by atoms with E-state index in [0.29, 0.717) is 0 Å². The topological polar surface area (TPSA) is 60.2 Å². The van der Waals surface area contributed by atoms with Crippen LogP contribution in [0.3, 0.4) is 0 Å². The average Bonchev–Trinajstić information content (AvgIpc) is 2.35. The molecule has 0 radical (unpaired) electrons. The number of nitrogen functional groups attached to an aromatic ring is 1. The van der Waals surface area contributed by atoms with Crippen LogP contribution in [-0.2, 0) is 11.2 Å². The largest absolute Gasteiger partial charge is 0.398 e. The van der Waals surface area contributed by atoms with Crippen molar-refractivity contribution in [2.24, 2.45) is 0 Å². The van der Waals surface area contributed by atoms with Crippen LogP contribution >= 0.6 is 0 Å². The smallest absolute Gasteiger partial charge is 0.0587 e. The number of aromatic nitrogens is 1. The van der Waals surface area contributed by atoms with E-state index in [9.17, 15) is 0 Å². The Morgan fingerprint density at radius 2 is 2.29 bits per heavy atom. The van der Waals surface area contributed by atoms with E-state index in [2.05, 4.69) is 22.5 Å². The van der Waals surface area contributed by atoms with Crippen LogP contribution < -0.4 is 11.1 Å². The zero-order chi connectivity index (χ0) is 12.3. The Morgan fingerprint density at radius 3 is 3.06 bits per heavy atom. The van der Waals surface area contributed by atoms with Crippen molar-refractivity contribution in [2.75, 3.05) is 32.5 Å². The maximum Gasteiger partial charge on any atom is 0.0587 e. The lowest BCUT2D eigenvalue weighted by atomic mass is 10.1. The molecular formula is C13H21N3O. The highest BCUT2D eigenvalue weighted by atomic mass is 16.5. The molecule has 0 atom stereocenters. The molecule has 0 saturated heterocycles. The second kappa shape index (κ2) is 8.73. The molecule has 0 aromatic carbocycles. The zero-order valence-corrected chi connectivity index (χ0v) is 10.4. The molecule has 1 rings (SSSR count).